The van der Waals surface area contributed by atoms with Gasteiger partial charge in [0.25, 0.3) is 0 Å². The molecule has 1 aromatic heterocycles. The number of anilines is 2. The first-order chi connectivity index (χ1) is 14.0. The fraction of sp³-hybridized carbons (Fsp3) is 0.200. The van der Waals surface area contributed by atoms with E-state index in [-0.39, 0.29) is 11.9 Å². The van der Waals surface area contributed by atoms with Crippen LogP contribution in [0.4, 0.5) is 20.7 Å². The van der Waals surface area contributed by atoms with Gasteiger partial charge in [-0.3, -0.25) is 5.32 Å². The van der Waals surface area contributed by atoms with Gasteiger partial charge in [0.05, 0.1) is 29.0 Å². The van der Waals surface area contributed by atoms with E-state index in [2.05, 4.69) is 21.0 Å². The first-order valence-corrected chi connectivity index (χ1v) is 9.45. The summed E-state index contributed by atoms with van der Waals surface area (Å²) < 4.78 is 21.1. The Morgan fingerprint density at radius 3 is 2.97 bits per heavy atom. The third-order valence-electron chi connectivity index (χ3n) is 4.65. The number of fused-ring (bicyclic) bond motifs is 1. The van der Waals surface area contributed by atoms with Crippen LogP contribution in [0.2, 0.25) is 5.02 Å². The molecule has 4 rings (SSSR count). The summed E-state index contributed by atoms with van der Waals surface area (Å²) in [6.07, 6.45) is 2.28. The number of ether oxygens (including phenoxy) is 1. The molecule has 0 radical (unpaired) electrons. The Balaban J connectivity index is 1.44. The highest BCUT2D eigenvalue weighted by Gasteiger charge is 2.24. The highest BCUT2D eigenvalue weighted by atomic mass is 35.5. The van der Waals surface area contributed by atoms with Gasteiger partial charge in [0, 0.05) is 37.4 Å². The molecule has 29 heavy (non-hydrogen) atoms. The molecule has 2 amide bonds. The van der Waals surface area contributed by atoms with Gasteiger partial charge in [0.1, 0.15) is 11.6 Å². The molecule has 0 saturated heterocycles. The van der Waals surface area contributed by atoms with E-state index in [4.69, 9.17) is 16.3 Å². The van der Waals surface area contributed by atoms with Crippen LogP contribution in [0.15, 0.2) is 48.7 Å². The van der Waals surface area contributed by atoms with Crippen LogP contribution in [-0.4, -0.2) is 29.5 Å². The summed E-state index contributed by atoms with van der Waals surface area (Å²) in [5.74, 6) is 0.561. The molecule has 0 aliphatic carbocycles. The summed E-state index contributed by atoms with van der Waals surface area (Å²) in [5, 5.41) is 13.2. The van der Waals surface area contributed by atoms with E-state index in [1.165, 1.54) is 10.7 Å². The molecule has 9 heteroatoms. The van der Waals surface area contributed by atoms with Crippen molar-refractivity contribution in [1.82, 2.24) is 15.1 Å². The lowest BCUT2D eigenvalue weighted by molar-refractivity contribution is 0.232. The fourth-order valence-corrected chi connectivity index (χ4v) is 3.47. The molecule has 0 saturated carbocycles. The van der Waals surface area contributed by atoms with Crippen molar-refractivity contribution in [2.75, 3.05) is 24.3 Å². The molecule has 1 atom stereocenters. The van der Waals surface area contributed by atoms with Gasteiger partial charge in [-0.05, 0) is 18.2 Å². The summed E-state index contributed by atoms with van der Waals surface area (Å²) in [7, 11) is 1.65. The normalized spacial score (nSPS) is 15.2. The number of halogens is 2. The van der Waals surface area contributed by atoms with Crippen molar-refractivity contribution in [3.05, 3.63) is 65.1 Å². The van der Waals surface area contributed by atoms with Crippen molar-refractivity contribution >= 4 is 29.1 Å². The second-order valence-electron chi connectivity index (χ2n) is 6.51. The van der Waals surface area contributed by atoms with Crippen LogP contribution in [0, 0.1) is 5.82 Å². The van der Waals surface area contributed by atoms with Gasteiger partial charge in [-0.2, -0.15) is 0 Å². The molecule has 0 spiro atoms. The number of nitrogens with one attached hydrogen (secondary N) is 3. The Kier molecular flexibility index (Phi) is 5.26. The van der Waals surface area contributed by atoms with Gasteiger partial charge in [0.2, 0.25) is 0 Å². The second kappa shape index (κ2) is 8.00. The van der Waals surface area contributed by atoms with E-state index < -0.39 is 6.03 Å². The van der Waals surface area contributed by atoms with Crippen LogP contribution in [-0.2, 0) is 0 Å². The zero-order valence-corrected chi connectivity index (χ0v) is 16.3. The molecule has 150 valence electrons. The quantitative estimate of drug-likeness (QED) is 0.591. The molecule has 0 fully saturated rings. The number of hydrogen-bond donors (Lipinski definition) is 3. The molecular formula is C20H19ClFN5O2. The summed E-state index contributed by atoms with van der Waals surface area (Å²) >= 11 is 6.17. The molecule has 1 aliphatic heterocycles. The molecule has 0 unspecified atom stereocenters. The molecular weight excluding hydrogens is 397 g/mol. The monoisotopic (exact) mass is 415 g/mol. The van der Waals surface area contributed by atoms with Crippen LogP contribution in [0.5, 0.6) is 5.75 Å². The summed E-state index contributed by atoms with van der Waals surface area (Å²) in [4.78, 5) is 12.4. The average molecular weight is 416 g/mol. The van der Waals surface area contributed by atoms with Gasteiger partial charge in [-0.25, -0.2) is 13.9 Å². The van der Waals surface area contributed by atoms with Crippen LogP contribution < -0.4 is 20.7 Å². The average Bonchev–Trinajstić information content (AvgIpc) is 3.17. The Hall–Kier alpha value is -3.26. The van der Waals surface area contributed by atoms with Crippen LogP contribution in [0.1, 0.15) is 18.0 Å². The Morgan fingerprint density at radius 1 is 1.31 bits per heavy atom. The summed E-state index contributed by atoms with van der Waals surface area (Å²) in [6, 6.07) is 11.2. The van der Waals surface area contributed by atoms with Crippen molar-refractivity contribution in [2.24, 2.45) is 0 Å². The maximum absolute atomic E-state index is 14.0. The summed E-state index contributed by atoms with van der Waals surface area (Å²) in [6.45, 7) is 0.463. The first-order valence-electron chi connectivity index (χ1n) is 9.07. The first kappa shape index (κ1) is 19.1. The lowest BCUT2D eigenvalue weighted by Crippen LogP contribution is -2.35. The highest BCUT2D eigenvalue weighted by Crippen LogP contribution is 2.37. The molecule has 1 aliphatic rings. The Bertz CT molecular complexity index is 1060. The lowest BCUT2D eigenvalue weighted by Gasteiger charge is -2.27. The van der Waals surface area contributed by atoms with E-state index >= 15 is 0 Å². The number of nitrogens with zero attached hydrogens (tertiary/aromatic N) is 2. The predicted octanol–water partition coefficient (Wildman–Crippen LogP) is 4.35. The van der Waals surface area contributed by atoms with Crippen molar-refractivity contribution < 1.29 is 13.9 Å². The van der Waals surface area contributed by atoms with Crippen molar-refractivity contribution in [2.45, 2.75) is 12.5 Å². The van der Waals surface area contributed by atoms with Crippen LogP contribution >= 0.6 is 11.6 Å². The highest BCUT2D eigenvalue weighted by molar-refractivity contribution is 6.32. The maximum Gasteiger partial charge on any atom is 0.320 e. The third-order valence-corrected chi connectivity index (χ3v) is 4.95. The summed E-state index contributed by atoms with van der Waals surface area (Å²) in [5.41, 5.74) is 1.78. The minimum atomic E-state index is -0.398. The van der Waals surface area contributed by atoms with E-state index in [9.17, 15) is 9.18 Å². The lowest BCUT2D eigenvalue weighted by atomic mass is 10.0. The number of amides is 2. The van der Waals surface area contributed by atoms with E-state index in [0.717, 1.165) is 5.56 Å². The Labute approximate surface area is 171 Å². The molecule has 2 aromatic carbocycles. The van der Waals surface area contributed by atoms with Crippen molar-refractivity contribution in [3.8, 4) is 11.4 Å². The number of carbonyl (C=O) groups excluding carboxylic acids is 1. The van der Waals surface area contributed by atoms with Crippen molar-refractivity contribution in [1.29, 1.82) is 0 Å². The zero-order chi connectivity index (χ0) is 20.4. The molecule has 0 bridgehead atoms. The fourth-order valence-electron chi connectivity index (χ4n) is 3.23. The second-order valence-corrected chi connectivity index (χ2v) is 6.91. The number of urea groups is 1. The van der Waals surface area contributed by atoms with Gasteiger partial charge < -0.3 is 15.4 Å². The van der Waals surface area contributed by atoms with Crippen LogP contribution in [0.3, 0.4) is 0 Å². The maximum atomic E-state index is 14.0. The smallest absolute Gasteiger partial charge is 0.320 e. The number of carbonyl (C=O) groups is 1. The number of benzene rings is 2. The van der Waals surface area contributed by atoms with E-state index in [1.54, 1.807) is 37.5 Å². The standard InChI is InChI=1S/C20H19ClFN5O2/c1-23-17-6-5-12(11-15(17)22)27-9-7-18(26-27)25-20(28)24-16-8-10-29-19-13(16)3-2-4-14(19)21/h2-7,9,11,16,23H,8,10H2,1H3,(H2,24,25,26,28)/t16-/m0/s1. The van der Waals surface area contributed by atoms with Crippen molar-refractivity contribution in [3.63, 3.8) is 0 Å². The largest absolute Gasteiger partial charge is 0.492 e. The SMILES string of the molecule is CNc1ccc(-n2ccc(NC(=O)N[C@H]3CCOc4c(Cl)cccc43)n2)cc1F. The van der Waals surface area contributed by atoms with E-state index in [0.29, 0.717) is 41.0 Å². The van der Waals surface area contributed by atoms with Gasteiger partial charge in [-0.1, -0.05) is 23.7 Å². The number of hydrogen-bond acceptors (Lipinski definition) is 4. The van der Waals surface area contributed by atoms with Gasteiger partial charge in [-0.15, -0.1) is 5.10 Å². The van der Waals surface area contributed by atoms with E-state index in [1.807, 2.05) is 12.1 Å². The minimum absolute atomic E-state index is 0.220. The van der Waals surface area contributed by atoms with Gasteiger partial charge in [0.15, 0.2) is 5.82 Å². The van der Waals surface area contributed by atoms with Crippen LogP contribution in [0.25, 0.3) is 5.69 Å². The number of rotatable bonds is 4. The zero-order valence-electron chi connectivity index (χ0n) is 15.6. The molecule has 3 N–H and O–H groups in total. The topological polar surface area (TPSA) is 80.2 Å². The number of aromatic nitrogens is 2. The predicted molar refractivity (Wildman–Crippen MR) is 110 cm³/mol. The Morgan fingerprint density at radius 2 is 2.17 bits per heavy atom. The minimum Gasteiger partial charge on any atom is -0.492 e. The number of para-hydroxylation sites is 1. The molecule has 7 nitrogen and oxygen atoms in total. The molecule has 3 aromatic rings. The van der Waals surface area contributed by atoms with Gasteiger partial charge >= 0.3 is 6.03 Å². The molecule has 2 heterocycles. The third kappa shape index (κ3) is 3.97.